The highest BCUT2D eigenvalue weighted by atomic mass is 16.5. The third-order valence-electron chi connectivity index (χ3n) is 5.30. The normalized spacial score (nSPS) is 21.7. The van der Waals surface area contributed by atoms with Gasteiger partial charge in [-0.25, -0.2) is 4.79 Å². The number of allylic oxidation sites excluding steroid dienone is 2. The summed E-state index contributed by atoms with van der Waals surface area (Å²) >= 11 is 0. The molecule has 3 rings (SSSR count). The fourth-order valence-electron chi connectivity index (χ4n) is 4.21. The van der Waals surface area contributed by atoms with Crippen LogP contribution >= 0.6 is 0 Å². The number of carbonyl (C=O) groups excluding carboxylic acids is 2. The Morgan fingerprint density at radius 3 is 2.63 bits per heavy atom. The van der Waals surface area contributed by atoms with Crippen LogP contribution in [0.2, 0.25) is 0 Å². The van der Waals surface area contributed by atoms with Crippen LogP contribution in [0.15, 0.2) is 40.9 Å². The number of aryl methyl sites for hydroxylation is 2. The minimum atomic E-state index is -0.496. The molecule has 0 aromatic heterocycles. The molecule has 2 aliphatic rings. The number of nitrogens with one attached hydrogen (secondary N) is 1. The molecule has 0 radical (unpaired) electrons. The predicted molar refractivity (Wildman–Crippen MR) is 105 cm³/mol. The maximum atomic E-state index is 13.1. The molecule has 27 heavy (non-hydrogen) atoms. The third kappa shape index (κ3) is 3.51. The number of ketones is 1. The van der Waals surface area contributed by atoms with Gasteiger partial charge in [0.1, 0.15) is 5.82 Å². The zero-order chi connectivity index (χ0) is 19.9. The molecule has 1 unspecified atom stereocenters. The number of ether oxygens (including phenoxy) is 1. The van der Waals surface area contributed by atoms with Gasteiger partial charge in [0.25, 0.3) is 0 Å². The monoisotopic (exact) mass is 368 g/mol. The van der Waals surface area contributed by atoms with Crippen LogP contribution in [0.3, 0.4) is 0 Å². The van der Waals surface area contributed by atoms with Crippen molar-refractivity contribution in [2.75, 3.05) is 6.61 Å². The molecule has 1 aliphatic carbocycles. The lowest BCUT2D eigenvalue weighted by atomic mass is 9.68. The standard InChI is InChI=1S/C22H28N2O3/c1-6-27-21(26)19-17(14-8-7-12(2)9-13(14)3)18-15(24-20(19)23)10-22(4,5)11-16(18)25/h7-9,17,24H,6,10-11,23H2,1-5H3. The predicted octanol–water partition coefficient (Wildman–Crippen LogP) is 3.37. The van der Waals surface area contributed by atoms with Crippen LogP contribution in [-0.4, -0.2) is 18.4 Å². The van der Waals surface area contributed by atoms with E-state index in [1.165, 1.54) is 0 Å². The fourth-order valence-corrected chi connectivity index (χ4v) is 4.21. The largest absolute Gasteiger partial charge is 0.463 e. The first kappa shape index (κ1) is 19.2. The van der Waals surface area contributed by atoms with E-state index in [-0.39, 0.29) is 23.6 Å². The van der Waals surface area contributed by atoms with Gasteiger partial charge in [0.15, 0.2) is 5.78 Å². The lowest BCUT2D eigenvalue weighted by molar-refractivity contribution is -0.138. The van der Waals surface area contributed by atoms with E-state index in [4.69, 9.17) is 10.5 Å². The molecule has 3 N–H and O–H groups in total. The van der Waals surface area contributed by atoms with Crippen molar-refractivity contribution in [2.24, 2.45) is 11.1 Å². The van der Waals surface area contributed by atoms with Crippen molar-refractivity contribution < 1.29 is 14.3 Å². The van der Waals surface area contributed by atoms with Crippen molar-refractivity contribution in [3.05, 3.63) is 57.6 Å². The average Bonchev–Trinajstić information content (AvgIpc) is 2.52. The number of carbonyl (C=O) groups is 2. The quantitative estimate of drug-likeness (QED) is 0.800. The van der Waals surface area contributed by atoms with Crippen molar-refractivity contribution in [1.82, 2.24) is 5.32 Å². The lowest BCUT2D eigenvalue weighted by Crippen LogP contribution is -2.41. The Bertz CT molecular complexity index is 878. The highest BCUT2D eigenvalue weighted by Crippen LogP contribution is 2.46. The van der Waals surface area contributed by atoms with Crippen molar-refractivity contribution >= 4 is 11.8 Å². The van der Waals surface area contributed by atoms with E-state index < -0.39 is 11.9 Å². The number of dihydropyridines is 1. The summed E-state index contributed by atoms with van der Waals surface area (Å²) in [5.41, 5.74) is 11.0. The Morgan fingerprint density at radius 2 is 2.00 bits per heavy atom. The summed E-state index contributed by atoms with van der Waals surface area (Å²) in [7, 11) is 0. The number of Topliss-reactive ketones (excluding diaryl/α,β-unsaturated/α-hetero) is 1. The number of benzene rings is 1. The maximum Gasteiger partial charge on any atom is 0.338 e. The highest BCUT2D eigenvalue weighted by molar-refractivity contribution is 6.04. The summed E-state index contributed by atoms with van der Waals surface area (Å²) < 4.78 is 5.27. The van der Waals surface area contributed by atoms with Gasteiger partial charge in [0.2, 0.25) is 0 Å². The minimum absolute atomic E-state index is 0.0630. The molecule has 144 valence electrons. The van der Waals surface area contributed by atoms with Crippen LogP contribution < -0.4 is 11.1 Å². The number of rotatable bonds is 3. The average molecular weight is 368 g/mol. The van der Waals surface area contributed by atoms with Crippen LogP contribution in [-0.2, 0) is 14.3 Å². The molecule has 1 heterocycles. The van der Waals surface area contributed by atoms with Gasteiger partial charge < -0.3 is 15.8 Å². The topological polar surface area (TPSA) is 81.4 Å². The molecular formula is C22H28N2O3. The molecule has 0 amide bonds. The number of nitrogens with two attached hydrogens (primary N) is 1. The van der Waals surface area contributed by atoms with E-state index in [2.05, 4.69) is 25.2 Å². The molecule has 0 saturated carbocycles. The summed E-state index contributed by atoms with van der Waals surface area (Å²) in [4.78, 5) is 25.9. The molecule has 0 saturated heterocycles. The smallest absolute Gasteiger partial charge is 0.338 e. The SMILES string of the molecule is CCOC(=O)C1=C(N)NC2=C(C(=O)CC(C)(C)C2)C1c1ccc(C)cc1C. The summed E-state index contributed by atoms with van der Waals surface area (Å²) in [5, 5.41) is 3.14. The Kier molecular flexibility index (Phi) is 4.89. The first-order chi connectivity index (χ1) is 12.6. The van der Waals surface area contributed by atoms with Crippen molar-refractivity contribution in [3.8, 4) is 0 Å². The maximum absolute atomic E-state index is 13.1. The molecule has 1 aliphatic heterocycles. The van der Waals surface area contributed by atoms with Gasteiger partial charge in [-0.1, -0.05) is 37.6 Å². The molecule has 1 aromatic carbocycles. The number of hydrogen-bond acceptors (Lipinski definition) is 5. The number of esters is 1. The first-order valence-corrected chi connectivity index (χ1v) is 9.42. The van der Waals surface area contributed by atoms with Crippen molar-refractivity contribution in [1.29, 1.82) is 0 Å². The Balaban J connectivity index is 2.22. The molecule has 0 spiro atoms. The molecule has 5 nitrogen and oxygen atoms in total. The van der Waals surface area contributed by atoms with E-state index in [0.717, 1.165) is 22.4 Å². The molecule has 0 fully saturated rings. The van der Waals surface area contributed by atoms with Gasteiger partial charge in [0.05, 0.1) is 18.1 Å². The highest BCUT2D eigenvalue weighted by Gasteiger charge is 2.43. The van der Waals surface area contributed by atoms with Crippen molar-refractivity contribution in [3.63, 3.8) is 0 Å². The molecule has 1 aromatic rings. The van der Waals surface area contributed by atoms with Crippen molar-refractivity contribution in [2.45, 2.75) is 53.4 Å². The second-order valence-corrected chi connectivity index (χ2v) is 8.30. The van der Waals surface area contributed by atoms with Gasteiger partial charge in [-0.05, 0) is 43.7 Å². The van der Waals surface area contributed by atoms with Crippen LogP contribution in [0.1, 0.15) is 56.2 Å². The summed E-state index contributed by atoms with van der Waals surface area (Å²) in [6, 6.07) is 6.05. The Hall–Kier alpha value is -2.56. The van der Waals surface area contributed by atoms with Crippen LogP contribution in [0.4, 0.5) is 0 Å². The van der Waals surface area contributed by atoms with Gasteiger partial charge in [-0.15, -0.1) is 0 Å². The number of hydrogen-bond donors (Lipinski definition) is 2. The van der Waals surface area contributed by atoms with Gasteiger partial charge in [0, 0.05) is 17.7 Å². The summed E-state index contributed by atoms with van der Waals surface area (Å²) in [5.74, 6) is -0.628. The third-order valence-corrected chi connectivity index (χ3v) is 5.30. The molecule has 0 bridgehead atoms. The Morgan fingerprint density at radius 1 is 1.30 bits per heavy atom. The van der Waals surface area contributed by atoms with E-state index in [0.29, 0.717) is 24.0 Å². The fraction of sp³-hybridized carbons (Fsp3) is 0.455. The van der Waals surface area contributed by atoms with Gasteiger partial charge in [-0.2, -0.15) is 0 Å². The zero-order valence-electron chi connectivity index (χ0n) is 16.7. The summed E-state index contributed by atoms with van der Waals surface area (Å²) in [6.45, 7) is 10.2. The molecular weight excluding hydrogens is 340 g/mol. The second kappa shape index (κ2) is 6.87. The van der Waals surface area contributed by atoms with Gasteiger partial charge in [-0.3, -0.25) is 4.79 Å². The van der Waals surface area contributed by atoms with E-state index in [9.17, 15) is 9.59 Å². The zero-order valence-corrected chi connectivity index (χ0v) is 16.7. The first-order valence-electron chi connectivity index (χ1n) is 9.42. The lowest BCUT2D eigenvalue weighted by Gasteiger charge is -2.39. The Labute approximate surface area is 160 Å². The van der Waals surface area contributed by atoms with Crippen LogP contribution in [0.25, 0.3) is 0 Å². The van der Waals surface area contributed by atoms with Crippen LogP contribution in [0.5, 0.6) is 0 Å². The molecule has 5 heteroatoms. The van der Waals surface area contributed by atoms with Gasteiger partial charge >= 0.3 is 5.97 Å². The minimum Gasteiger partial charge on any atom is -0.463 e. The second-order valence-electron chi connectivity index (χ2n) is 8.30. The van der Waals surface area contributed by atoms with E-state index >= 15 is 0 Å². The van der Waals surface area contributed by atoms with E-state index in [1.54, 1.807) is 6.92 Å². The summed E-state index contributed by atoms with van der Waals surface area (Å²) in [6.07, 6.45) is 1.16. The molecule has 1 atom stereocenters. The van der Waals surface area contributed by atoms with E-state index in [1.807, 2.05) is 26.0 Å². The van der Waals surface area contributed by atoms with Crippen LogP contribution in [0, 0.1) is 19.3 Å².